The molecule has 0 aromatic heterocycles. The number of rotatable bonds is 8. The average molecular weight is 417 g/mol. The van der Waals surface area contributed by atoms with Gasteiger partial charge in [0.15, 0.2) is 11.6 Å². The van der Waals surface area contributed by atoms with E-state index in [0.717, 1.165) is 17.7 Å². The summed E-state index contributed by atoms with van der Waals surface area (Å²) in [5.41, 5.74) is 1.32. The molecule has 2 rings (SSSR count). The molecule has 8 heteroatoms. The zero-order chi connectivity index (χ0) is 22.3. The molecule has 0 aliphatic carbocycles. The van der Waals surface area contributed by atoms with Crippen LogP contribution in [0.2, 0.25) is 0 Å². The molecule has 2 aromatic rings. The Balaban J connectivity index is 1.97. The molecule has 30 heavy (non-hydrogen) atoms. The molecule has 0 fully saturated rings. The first-order valence-corrected chi connectivity index (χ1v) is 9.56. The molecule has 0 radical (unpaired) electrons. The summed E-state index contributed by atoms with van der Waals surface area (Å²) in [6, 6.07) is 9.15. The van der Waals surface area contributed by atoms with Crippen molar-refractivity contribution >= 4 is 23.4 Å². The molecular weight excluding hydrogens is 392 g/mol. The summed E-state index contributed by atoms with van der Waals surface area (Å²) in [5.74, 6) is -3.49. The van der Waals surface area contributed by atoms with Gasteiger partial charge in [-0.25, -0.2) is 8.78 Å². The molecule has 0 spiro atoms. The Morgan fingerprint density at radius 3 is 2.33 bits per heavy atom. The van der Waals surface area contributed by atoms with Crippen molar-refractivity contribution in [3.05, 3.63) is 65.2 Å². The van der Waals surface area contributed by atoms with Crippen LogP contribution in [0.1, 0.15) is 36.2 Å². The fourth-order valence-corrected chi connectivity index (χ4v) is 2.84. The number of aryl methyl sites for hydroxylation is 1. The minimum atomic E-state index is -1.09. The number of carbonyl (C=O) groups excluding carboxylic acids is 3. The highest BCUT2D eigenvalue weighted by atomic mass is 19.2. The molecular formula is C22H25F2N3O3. The predicted molar refractivity (Wildman–Crippen MR) is 110 cm³/mol. The summed E-state index contributed by atoms with van der Waals surface area (Å²) in [5, 5.41) is 7.56. The van der Waals surface area contributed by atoms with Crippen molar-refractivity contribution in [1.82, 2.24) is 10.6 Å². The smallest absolute Gasteiger partial charge is 0.252 e. The third-order valence-corrected chi connectivity index (χ3v) is 4.35. The maximum Gasteiger partial charge on any atom is 0.252 e. The number of hydrogen-bond acceptors (Lipinski definition) is 3. The number of nitrogens with one attached hydrogen (secondary N) is 3. The highest BCUT2D eigenvalue weighted by Crippen LogP contribution is 2.13. The van der Waals surface area contributed by atoms with Gasteiger partial charge in [0, 0.05) is 17.3 Å². The Hall–Kier alpha value is -3.29. The van der Waals surface area contributed by atoms with Gasteiger partial charge >= 0.3 is 0 Å². The zero-order valence-electron chi connectivity index (χ0n) is 17.1. The van der Waals surface area contributed by atoms with Gasteiger partial charge in [0.05, 0.1) is 6.54 Å². The van der Waals surface area contributed by atoms with E-state index in [1.165, 1.54) is 6.07 Å². The van der Waals surface area contributed by atoms with E-state index in [1.807, 2.05) is 19.9 Å². The van der Waals surface area contributed by atoms with E-state index in [-0.39, 0.29) is 24.1 Å². The average Bonchev–Trinajstić information content (AvgIpc) is 2.68. The molecule has 0 aliphatic rings. The van der Waals surface area contributed by atoms with Gasteiger partial charge < -0.3 is 16.0 Å². The van der Waals surface area contributed by atoms with E-state index in [9.17, 15) is 23.2 Å². The van der Waals surface area contributed by atoms with E-state index in [0.29, 0.717) is 12.0 Å². The third-order valence-electron chi connectivity index (χ3n) is 4.35. The number of carbonyl (C=O) groups is 3. The van der Waals surface area contributed by atoms with Gasteiger partial charge in [-0.1, -0.05) is 32.0 Å². The van der Waals surface area contributed by atoms with E-state index in [2.05, 4.69) is 16.0 Å². The van der Waals surface area contributed by atoms with Crippen LogP contribution < -0.4 is 16.0 Å². The molecule has 1 atom stereocenters. The first-order chi connectivity index (χ1) is 14.2. The third kappa shape index (κ3) is 6.65. The van der Waals surface area contributed by atoms with Crippen LogP contribution in [0.4, 0.5) is 14.5 Å². The van der Waals surface area contributed by atoms with Gasteiger partial charge in [0.2, 0.25) is 11.8 Å². The van der Waals surface area contributed by atoms with Gasteiger partial charge in [-0.3, -0.25) is 14.4 Å². The Bertz CT molecular complexity index is 932. The first-order valence-electron chi connectivity index (χ1n) is 9.56. The maximum absolute atomic E-state index is 13.2. The van der Waals surface area contributed by atoms with Crippen LogP contribution in [-0.4, -0.2) is 30.3 Å². The van der Waals surface area contributed by atoms with Gasteiger partial charge in [0.1, 0.15) is 6.04 Å². The monoisotopic (exact) mass is 417 g/mol. The second kappa shape index (κ2) is 10.5. The quantitative estimate of drug-likeness (QED) is 0.617. The van der Waals surface area contributed by atoms with Crippen molar-refractivity contribution in [3.63, 3.8) is 0 Å². The minimum absolute atomic E-state index is 0.0692. The largest absolute Gasteiger partial charge is 0.345 e. The highest BCUT2D eigenvalue weighted by molar-refractivity contribution is 5.99. The number of benzene rings is 2. The summed E-state index contributed by atoms with van der Waals surface area (Å²) >= 11 is 0. The number of anilines is 1. The second-order valence-corrected chi connectivity index (χ2v) is 7.37. The van der Waals surface area contributed by atoms with Gasteiger partial charge in [-0.2, -0.15) is 0 Å². The Labute approximate surface area is 174 Å². The fraction of sp³-hybridized carbons (Fsp3) is 0.318. The molecule has 6 nitrogen and oxygen atoms in total. The fourth-order valence-electron chi connectivity index (χ4n) is 2.84. The Morgan fingerprint density at radius 2 is 1.70 bits per heavy atom. The summed E-state index contributed by atoms with van der Waals surface area (Å²) in [6.07, 6.45) is 0.383. The molecule has 0 unspecified atom stereocenters. The lowest BCUT2D eigenvalue weighted by Crippen LogP contribution is -2.49. The lowest BCUT2D eigenvalue weighted by atomic mass is 10.0. The minimum Gasteiger partial charge on any atom is -0.345 e. The van der Waals surface area contributed by atoms with Crippen LogP contribution in [0, 0.1) is 24.5 Å². The lowest BCUT2D eigenvalue weighted by Gasteiger charge is -2.20. The van der Waals surface area contributed by atoms with Crippen molar-refractivity contribution in [1.29, 1.82) is 0 Å². The summed E-state index contributed by atoms with van der Waals surface area (Å²) in [4.78, 5) is 37.2. The molecule has 0 saturated heterocycles. The van der Waals surface area contributed by atoms with Crippen LogP contribution in [-0.2, 0) is 9.59 Å². The standard InChI is InChI=1S/C22H25F2N3O3/c1-13(2)10-19(27-21(29)16-7-5-4-6-14(16)3)22(30)25-12-20(28)26-15-8-9-17(23)18(24)11-15/h4-9,11,13,19H,10,12H2,1-3H3,(H,25,30)(H,26,28)(H,27,29)/t19-/m1/s1. The molecule has 0 aliphatic heterocycles. The number of hydrogen-bond donors (Lipinski definition) is 3. The van der Waals surface area contributed by atoms with E-state index in [1.54, 1.807) is 25.1 Å². The van der Waals surface area contributed by atoms with Crippen LogP contribution in [0.5, 0.6) is 0 Å². The Morgan fingerprint density at radius 1 is 1.00 bits per heavy atom. The summed E-state index contributed by atoms with van der Waals surface area (Å²) in [7, 11) is 0. The highest BCUT2D eigenvalue weighted by Gasteiger charge is 2.23. The first kappa shape index (κ1) is 23.0. The molecule has 3 N–H and O–H groups in total. The van der Waals surface area contributed by atoms with Crippen molar-refractivity contribution in [2.45, 2.75) is 33.2 Å². The van der Waals surface area contributed by atoms with Crippen LogP contribution in [0.3, 0.4) is 0 Å². The molecule has 0 saturated carbocycles. The van der Waals surface area contributed by atoms with Gasteiger partial charge in [-0.15, -0.1) is 0 Å². The Kier molecular flexibility index (Phi) is 8.03. The molecule has 160 valence electrons. The van der Waals surface area contributed by atoms with Crippen molar-refractivity contribution in [2.24, 2.45) is 5.92 Å². The van der Waals surface area contributed by atoms with E-state index < -0.39 is 29.5 Å². The van der Waals surface area contributed by atoms with Crippen LogP contribution >= 0.6 is 0 Å². The maximum atomic E-state index is 13.2. The van der Waals surface area contributed by atoms with Crippen molar-refractivity contribution in [2.75, 3.05) is 11.9 Å². The predicted octanol–water partition coefficient (Wildman–Crippen LogP) is 3.17. The lowest BCUT2D eigenvalue weighted by molar-refractivity contribution is -0.125. The van der Waals surface area contributed by atoms with Crippen LogP contribution in [0.15, 0.2) is 42.5 Å². The second-order valence-electron chi connectivity index (χ2n) is 7.37. The normalized spacial score (nSPS) is 11.7. The zero-order valence-corrected chi connectivity index (χ0v) is 17.1. The van der Waals surface area contributed by atoms with Crippen molar-refractivity contribution < 1.29 is 23.2 Å². The number of halogens is 2. The van der Waals surface area contributed by atoms with E-state index >= 15 is 0 Å². The SMILES string of the molecule is Cc1ccccc1C(=O)N[C@H](CC(C)C)C(=O)NCC(=O)Nc1ccc(F)c(F)c1. The molecule has 0 bridgehead atoms. The number of amides is 3. The molecule has 0 heterocycles. The topological polar surface area (TPSA) is 87.3 Å². The van der Waals surface area contributed by atoms with Crippen LogP contribution in [0.25, 0.3) is 0 Å². The van der Waals surface area contributed by atoms with Gasteiger partial charge in [-0.05, 0) is 43.0 Å². The molecule has 3 amide bonds. The molecule has 2 aromatic carbocycles. The van der Waals surface area contributed by atoms with Crippen molar-refractivity contribution in [3.8, 4) is 0 Å². The summed E-state index contributed by atoms with van der Waals surface area (Å²) in [6.45, 7) is 5.24. The van der Waals surface area contributed by atoms with E-state index in [4.69, 9.17) is 0 Å². The van der Waals surface area contributed by atoms with Gasteiger partial charge in [0.25, 0.3) is 5.91 Å². The summed E-state index contributed by atoms with van der Waals surface area (Å²) < 4.78 is 26.2.